The summed E-state index contributed by atoms with van der Waals surface area (Å²) in [5.41, 5.74) is 1.09. The van der Waals surface area contributed by atoms with Gasteiger partial charge in [0.1, 0.15) is 11.6 Å². The number of nitrogens with zero attached hydrogens (tertiary/aromatic N) is 6. The molecule has 2 aromatic heterocycles. The summed E-state index contributed by atoms with van der Waals surface area (Å²) < 4.78 is 7.37. The molecule has 0 radical (unpaired) electrons. The van der Waals surface area contributed by atoms with E-state index in [0.717, 1.165) is 33.9 Å². The Labute approximate surface area is 143 Å². The molecule has 0 fully saturated rings. The van der Waals surface area contributed by atoms with Crippen LogP contribution in [0.15, 0.2) is 30.3 Å². The molecule has 3 heterocycles. The summed E-state index contributed by atoms with van der Waals surface area (Å²) in [6.45, 7) is 4.18. The van der Waals surface area contributed by atoms with E-state index in [1.807, 2.05) is 18.2 Å². The number of anilines is 1. The zero-order valence-electron chi connectivity index (χ0n) is 13.6. The zero-order chi connectivity index (χ0) is 16.5. The van der Waals surface area contributed by atoms with Gasteiger partial charge in [0.15, 0.2) is 11.6 Å². The minimum atomic E-state index is 0.262. The Kier molecular flexibility index (Phi) is 3.99. The largest absolute Gasteiger partial charge is 0.377 e. The maximum Gasteiger partial charge on any atom is 0.209 e. The number of benzene rings is 1. The Morgan fingerprint density at radius 3 is 2.79 bits per heavy atom. The zero-order valence-corrected chi connectivity index (χ0v) is 14.4. The first kappa shape index (κ1) is 15.2. The summed E-state index contributed by atoms with van der Waals surface area (Å²) in [7, 11) is 1.67. The molecule has 7 nitrogen and oxygen atoms in total. The number of ether oxygens (including phenoxy) is 1. The van der Waals surface area contributed by atoms with E-state index in [1.54, 1.807) is 18.4 Å². The topological polar surface area (TPSA) is 69.0 Å². The van der Waals surface area contributed by atoms with Crippen molar-refractivity contribution in [3.8, 4) is 10.6 Å². The quantitative estimate of drug-likeness (QED) is 0.726. The van der Waals surface area contributed by atoms with Crippen molar-refractivity contribution in [2.45, 2.75) is 26.1 Å². The highest BCUT2D eigenvalue weighted by molar-refractivity contribution is 7.18. The molecule has 1 aliphatic heterocycles. The van der Waals surface area contributed by atoms with Crippen molar-refractivity contribution in [1.29, 1.82) is 0 Å². The van der Waals surface area contributed by atoms with Crippen LogP contribution in [-0.4, -0.2) is 38.6 Å². The van der Waals surface area contributed by atoms with Gasteiger partial charge >= 0.3 is 0 Å². The van der Waals surface area contributed by atoms with E-state index >= 15 is 0 Å². The van der Waals surface area contributed by atoms with E-state index in [-0.39, 0.29) is 6.04 Å². The molecule has 0 unspecified atom stereocenters. The van der Waals surface area contributed by atoms with Crippen molar-refractivity contribution in [3.63, 3.8) is 0 Å². The lowest BCUT2D eigenvalue weighted by Crippen LogP contribution is -2.37. The molecule has 0 saturated heterocycles. The molecular weight excluding hydrogens is 324 g/mol. The lowest BCUT2D eigenvalue weighted by molar-refractivity contribution is 0.171. The predicted octanol–water partition coefficient (Wildman–Crippen LogP) is 2.52. The second-order valence-electron chi connectivity index (χ2n) is 5.82. The minimum absolute atomic E-state index is 0.262. The van der Waals surface area contributed by atoms with Gasteiger partial charge in [-0.05, 0) is 6.92 Å². The van der Waals surface area contributed by atoms with Gasteiger partial charge in [-0.15, -0.1) is 20.4 Å². The molecule has 1 atom stereocenters. The van der Waals surface area contributed by atoms with Crippen LogP contribution in [0.1, 0.15) is 24.6 Å². The third-order valence-corrected chi connectivity index (χ3v) is 5.11. The average molecular weight is 342 g/mol. The van der Waals surface area contributed by atoms with Crippen molar-refractivity contribution in [3.05, 3.63) is 42.0 Å². The van der Waals surface area contributed by atoms with Gasteiger partial charge < -0.3 is 14.2 Å². The fourth-order valence-corrected chi connectivity index (χ4v) is 3.89. The fourth-order valence-electron chi connectivity index (χ4n) is 3.03. The maximum atomic E-state index is 5.21. The Bertz CT molecular complexity index is 830. The van der Waals surface area contributed by atoms with Crippen molar-refractivity contribution < 1.29 is 4.74 Å². The van der Waals surface area contributed by atoms with Crippen LogP contribution in [0.2, 0.25) is 0 Å². The van der Waals surface area contributed by atoms with E-state index < -0.39 is 0 Å². The van der Waals surface area contributed by atoms with Crippen LogP contribution in [0.25, 0.3) is 10.6 Å². The van der Waals surface area contributed by atoms with Gasteiger partial charge in [0.25, 0.3) is 0 Å². The molecule has 0 amide bonds. The van der Waals surface area contributed by atoms with E-state index in [1.165, 1.54) is 0 Å². The molecule has 4 rings (SSSR count). The van der Waals surface area contributed by atoms with E-state index in [2.05, 4.69) is 48.9 Å². The van der Waals surface area contributed by atoms with E-state index in [4.69, 9.17) is 4.74 Å². The van der Waals surface area contributed by atoms with Crippen LogP contribution < -0.4 is 4.90 Å². The van der Waals surface area contributed by atoms with Gasteiger partial charge in [0.05, 0.1) is 12.6 Å². The van der Waals surface area contributed by atoms with Crippen LogP contribution >= 0.6 is 11.3 Å². The molecular formula is C16H18N6OS. The summed E-state index contributed by atoms with van der Waals surface area (Å²) in [5.74, 6) is 1.82. The molecule has 0 N–H and O–H groups in total. The third-order valence-electron chi connectivity index (χ3n) is 4.07. The number of hydrogen-bond donors (Lipinski definition) is 0. The Balaban J connectivity index is 1.59. The van der Waals surface area contributed by atoms with Crippen LogP contribution in [-0.2, 0) is 17.9 Å². The predicted molar refractivity (Wildman–Crippen MR) is 91.8 cm³/mol. The lowest BCUT2D eigenvalue weighted by atomic mass is 10.2. The number of aromatic nitrogens is 5. The van der Waals surface area contributed by atoms with Crippen molar-refractivity contribution in [2.75, 3.05) is 18.6 Å². The lowest BCUT2D eigenvalue weighted by Gasteiger charge is -2.31. The van der Waals surface area contributed by atoms with Gasteiger partial charge in [-0.3, -0.25) is 0 Å². The summed E-state index contributed by atoms with van der Waals surface area (Å²) in [5, 5.41) is 19.1. The van der Waals surface area contributed by atoms with Crippen LogP contribution in [0, 0.1) is 0 Å². The van der Waals surface area contributed by atoms with Crippen molar-refractivity contribution in [2.24, 2.45) is 0 Å². The van der Waals surface area contributed by atoms with Gasteiger partial charge in [-0.1, -0.05) is 41.7 Å². The Morgan fingerprint density at radius 2 is 2.00 bits per heavy atom. The highest BCUT2D eigenvalue weighted by Gasteiger charge is 2.28. The summed E-state index contributed by atoms with van der Waals surface area (Å²) >= 11 is 1.61. The molecule has 3 aromatic rings. The third kappa shape index (κ3) is 2.67. The Morgan fingerprint density at radius 1 is 1.17 bits per heavy atom. The van der Waals surface area contributed by atoms with Gasteiger partial charge in [-0.25, -0.2) is 0 Å². The van der Waals surface area contributed by atoms with Crippen LogP contribution in [0.4, 0.5) is 5.13 Å². The molecule has 24 heavy (non-hydrogen) atoms. The van der Waals surface area contributed by atoms with Gasteiger partial charge in [0, 0.05) is 19.2 Å². The number of methoxy groups -OCH3 is 1. The minimum Gasteiger partial charge on any atom is -0.377 e. The summed E-state index contributed by atoms with van der Waals surface area (Å²) in [6.07, 6.45) is 0. The van der Waals surface area contributed by atoms with E-state index in [9.17, 15) is 0 Å². The molecule has 124 valence electrons. The van der Waals surface area contributed by atoms with Crippen molar-refractivity contribution in [1.82, 2.24) is 25.0 Å². The SMILES string of the molecule is COCc1nnc2n1[C@@H](C)CN(c1nnc(-c3ccccc3)s1)C2. The smallest absolute Gasteiger partial charge is 0.209 e. The molecule has 0 saturated carbocycles. The first-order valence-electron chi connectivity index (χ1n) is 7.81. The number of hydrogen-bond acceptors (Lipinski definition) is 7. The second kappa shape index (κ2) is 6.29. The highest BCUT2D eigenvalue weighted by Crippen LogP contribution is 2.32. The van der Waals surface area contributed by atoms with Crippen LogP contribution in [0.5, 0.6) is 0 Å². The van der Waals surface area contributed by atoms with Gasteiger partial charge in [-0.2, -0.15) is 0 Å². The molecule has 1 aliphatic rings. The van der Waals surface area contributed by atoms with Gasteiger partial charge in [0.2, 0.25) is 5.13 Å². The number of fused-ring (bicyclic) bond motifs is 1. The number of rotatable bonds is 4. The summed E-state index contributed by atoms with van der Waals surface area (Å²) in [4.78, 5) is 2.22. The highest BCUT2D eigenvalue weighted by atomic mass is 32.1. The fraction of sp³-hybridized carbons (Fsp3) is 0.375. The molecule has 1 aromatic carbocycles. The molecule has 0 bridgehead atoms. The molecule has 8 heteroatoms. The van der Waals surface area contributed by atoms with E-state index in [0.29, 0.717) is 13.2 Å². The normalized spacial score (nSPS) is 17.1. The first-order valence-corrected chi connectivity index (χ1v) is 8.63. The first-order chi connectivity index (χ1) is 11.8. The Hall–Kier alpha value is -2.32. The van der Waals surface area contributed by atoms with Crippen molar-refractivity contribution >= 4 is 16.5 Å². The summed E-state index contributed by atoms with van der Waals surface area (Å²) in [6, 6.07) is 10.4. The monoisotopic (exact) mass is 342 g/mol. The molecule has 0 aliphatic carbocycles. The molecule has 0 spiro atoms. The standard InChI is InChI=1S/C16H18N6OS/c1-11-8-21(9-13-17-18-14(10-23-2)22(11)13)16-20-19-15(24-16)12-6-4-3-5-7-12/h3-7,11H,8-10H2,1-2H3/t11-/m0/s1. The van der Waals surface area contributed by atoms with Crippen LogP contribution in [0.3, 0.4) is 0 Å². The average Bonchev–Trinajstić information content (AvgIpc) is 3.24. The second-order valence-corrected chi connectivity index (χ2v) is 6.78. The maximum absolute atomic E-state index is 5.21.